The van der Waals surface area contributed by atoms with Gasteiger partial charge in [-0.15, -0.1) is 0 Å². The third-order valence-electron chi connectivity index (χ3n) is 8.66. The highest BCUT2D eigenvalue weighted by Crippen LogP contribution is 2.21. The number of carbonyl (C=O) groups is 4. The summed E-state index contributed by atoms with van der Waals surface area (Å²) in [7, 11) is 0. The van der Waals surface area contributed by atoms with E-state index in [1.165, 1.54) is 0 Å². The second kappa shape index (κ2) is 16.6. The Morgan fingerprint density at radius 1 is 0.633 bits per heavy atom. The maximum absolute atomic E-state index is 14.2. The number of H-pyrrole nitrogens is 2. The highest BCUT2D eigenvalue weighted by Gasteiger charge is 2.31. The van der Waals surface area contributed by atoms with Gasteiger partial charge >= 0.3 is 5.97 Å². The first kappa shape index (κ1) is 34.9. The molecule has 10 N–H and O–H groups in total. The van der Waals surface area contributed by atoms with Crippen molar-refractivity contribution in [2.24, 2.45) is 11.5 Å². The zero-order valence-electron chi connectivity index (χ0n) is 27.2. The van der Waals surface area contributed by atoms with Crippen molar-refractivity contribution in [3.05, 3.63) is 108 Å². The summed E-state index contributed by atoms with van der Waals surface area (Å²) < 4.78 is 0. The lowest BCUT2D eigenvalue weighted by Gasteiger charge is -2.25. The molecule has 12 heteroatoms. The molecule has 0 radical (unpaired) electrons. The SMILES string of the molecule is NCCCCC(NC(=O)C(Cc1c[nH]c2ccccc12)NC(=O)C(Cc1c[nH]c2ccccc12)NC(=O)C(N)Cc1ccccc1)C(=O)O. The minimum atomic E-state index is -1.18. The zero-order chi connectivity index (χ0) is 34.8. The van der Waals surface area contributed by atoms with Gasteiger partial charge < -0.3 is 42.5 Å². The Labute approximate surface area is 284 Å². The number of carboxylic acids is 1. The van der Waals surface area contributed by atoms with Crippen LogP contribution in [0.2, 0.25) is 0 Å². The molecule has 5 aromatic rings. The number of nitrogens with two attached hydrogens (primary N) is 2. The summed E-state index contributed by atoms with van der Waals surface area (Å²) in [6, 6.07) is 20.1. The van der Waals surface area contributed by atoms with E-state index >= 15 is 0 Å². The largest absolute Gasteiger partial charge is 0.480 e. The van der Waals surface area contributed by atoms with Crippen molar-refractivity contribution in [2.45, 2.75) is 62.7 Å². The topological polar surface area (TPSA) is 208 Å². The van der Waals surface area contributed by atoms with E-state index in [0.29, 0.717) is 19.4 Å². The third-order valence-corrected chi connectivity index (χ3v) is 8.66. The normalized spacial score (nSPS) is 13.8. The van der Waals surface area contributed by atoms with Gasteiger partial charge in [0.25, 0.3) is 0 Å². The highest BCUT2D eigenvalue weighted by molar-refractivity contribution is 5.95. The molecular weight excluding hydrogens is 622 g/mol. The molecule has 2 heterocycles. The number of unbranched alkanes of at least 4 members (excludes halogenated alkanes) is 1. The molecule has 256 valence electrons. The molecule has 0 saturated carbocycles. The van der Waals surface area contributed by atoms with Gasteiger partial charge in [0, 0.05) is 47.0 Å². The number of benzene rings is 3. The van der Waals surface area contributed by atoms with Crippen molar-refractivity contribution in [1.82, 2.24) is 25.9 Å². The quantitative estimate of drug-likeness (QED) is 0.0696. The summed E-state index contributed by atoms with van der Waals surface area (Å²) in [4.78, 5) is 59.9. The number of hydrogen-bond acceptors (Lipinski definition) is 6. The average Bonchev–Trinajstić information content (AvgIpc) is 3.71. The van der Waals surface area contributed by atoms with E-state index < -0.39 is 47.9 Å². The molecule has 4 atom stereocenters. The third kappa shape index (κ3) is 9.12. The standard InChI is InChI=1S/C37H43N7O5/c38-17-9-8-16-31(37(48)49)42-35(46)33(20-25-22-41-30-15-7-5-13-27(25)30)44-36(47)32(19-24-21-40-29-14-6-4-12-26(24)29)43-34(45)28(39)18-23-10-2-1-3-11-23/h1-7,10-15,21-22,28,31-33,40-41H,8-9,16-20,38-39H2,(H,42,46)(H,43,45)(H,44,47)(H,48,49). The van der Waals surface area contributed by atoms with Crippen LogP contribution in [0.15, 0.2) is 91.3 Å². The molecule has 0 aliphatic heterocycles. The van der Waals surface area contributed by atoms with E-state index in [9.17, 15) is 24.3 Å². The number of carbonyl (C=O) groups excluding carboxylic acids is 3. The monoisotopic (exact) mass is 665 g/mol. The number of aliphatic carboxylic acids is 1. The molecule has 12 nitrogen and oxygen atoms in total. The number of aromatic nitrogens is 2. The van der Waals surface area contributed by atoms with Gasteiger partial charge in [-0.3, -0.25) is 14.4 Å². The van der Waals surface area contributed by atoms with E-state index in [1.807, 2.05) is 78.9 Å². The second-order valence-electron chi connectivity index (χ2n) is 12.2. The second-order valence-corrected chi connectivity index (χ2v) is 12.2. The molecule has 3 aromatic carbocycles. The molecule has 4 unspecified atom stereocenters. The number of rotatable bonds is 17. The minimum Gasteiger partial charge on any atom is -0.480 e. The van der Waals surface area contributed by atoms with E-state index in [-0.39, 0.29) is 25.7 Å². The maximum Gasteiger partial charge on any atom is 0.326 e. The predicted molar refractivity (Wildman–Crippen MR) is 188 cm³/mol. The van der Waals surface area contributed by atoms with Crippen LogP contribution in [0.3, 0.4) is 0 Å². The van der Waals surface area contributed by atoms with Gasteiger partial charge in [0.1, 0.15) is 18.1 Å². The molecule has 3 amide bonds. The Morgan fingerprint density at radius 3 is 1.65 bits per heavy atom. The Balaban J connectivity index is 1.41. The number of hydrogen-bond donors (Lipinski definition) is 8. The smallest absolute Gasteiger partial charge is 0.326 e. The van der Waals surface area contributed by atoms with Crippen LogP contribution in [0.4, 0.5) is 0 Å². The molecule has 0 spiro atoms. The number of nitrogens with one attached hydrogen (secondary N) is 5. The van der Waals surface area contributed by atoms with Crippen molar-refractivity contribution < 1.29 is 24.3 Å². The number of para-hydroxylation sites is 2. The summed E-state index contributed by atoms with van der Waals surface area (Å²) in [5, 5.41) is 19.9. The lowest BCUT2D eigenvalue weighted by atomic mass is 10.0. The molecule has 2 aromatic heterocycles. The fraction of sp³-hybridized carbons (Fsp3) is 0.297. The van der Waals surface area contributed by atoms with Crippen LogP contribution < -0.4 is 27.4 Å². The van der Waals surface area contributed by atoms with Gasteiger partial charge in [0.05, 0.1) is 6.04 Å². The number of amides is 3. The first-order valence-corrected chi connectivity index (χ1v) is 16.5. The molecule has 0 saturated heterocycles. The lowest BCUT2D eigenvalue weighted by Crippen LogP contribution is -2.58. The van der Waals surface area contributed by atoms with Gasteiger partial charge in [0.15, 0.2) is 0 Å². The fourth-order valence-corrected chi connectivity index (χ4v) is 5.99. The molecular formula is C37H43N7O5. The lowest BCUT2D eigenvalue weighted by molar-refractivity contribution is -0.142. The summed E-state index contributed by atoms with van der Waals surface area (Å²) in [5.41, 5.74) is 16.0. The van der Waals surface area contributed by atoms with Crippen molar-refractivity contribution in [1.29, 1.82) is 0 Å². The van der Waals surface area contributed by atoms with Crippen LogP contribution >= 0.6 is 0 Å². The average molecular weight is 666 g/mol. The van der Waals surface area contributed by atoms with Crippen LogP contribution in [0.25, 0.3) is 21.8 Å². The maximum atomic E-state index is 14.2. The van der Waals surface area contributed by atoms with Gasteiger partial charge in [0.2, 0.25) is 17.7 Å². The van der Waals surface area contributed by atoms with E-state index in [0.717, 1.165) is 38.5 Å². The molecule has 0 bridgehead atoms. The summed E-state index contributed by atoms with van der Waals surface area (Å²) >= 11 is 0. The van der Waals surface area contributed by atoms with Crippen LogP contribution in [0.1, 0.15) is 36.0 Å². The van der Waals surface area contributed by atoms with Crippen molar-refractivity contribution in [3.63, 3.8) is 0 Å². The van der Waals surface area contributed by atoms with E-state index in [4.69, 9.17) is 11.5 Å². The first-order chi connectivity index (χ1) is 23.7. The Kier molecular flexibility index (Phi) is 11.8. The predicted octanol–water partition coefficient (Wildman–Crippen LogP) is 2.67. The van der Waals surface area contributed by atoms with Crippen molar-refractivity contribution in [3.8, 4) is 0 Å². The number of carboxylic acid groups (broad SMARTS) is 1. The Bertz CT molecular complexity index is 1890. The number of aromatic amines is 2. The fourth-order valence-electron chi connectivity index (χ4n) is 5.99. The summed E-state index contributed by atoms with van der Waals surface area (Å²) in [5.74, 6) is -2.97. The van der Waals surface area contributed by atoms with E-state index in [1.54, 1.807) is 12.4 Å². The van der Waals surface area contributed by atoms with Crippen LogP contribution in [0.5, 0.6) is 0 Å². The van der Waals surface area contributed by atoms with Gasteiger partial charge in [-0.05, 0) is 61.1 Å². The molecule has 0 fully saturated rings. The molecule has 0 aliphatic rings. The van der Waals surface area contributed by atoms with Crippen LogP contribution in [-0.4, -0.2) is 69.5 Å². The van der Waals surface area contributed by atoms with Crippen LogP contribution in [0, 0.1) is 0 Å². The minimum absolute atomic E-state index is 0.0675. The van der Waals surface area contributed by atoms with Gasteiger partial charge in [-0.2, -0.15) is 0 Å². The van der Waals surface area contributed by atoms with Crippen molar-refractivity contribution in [2.75, 3.05) is 6.54 Å². The van der Waals surface area contributed by atoms with Gasteiger partial charge in [-0.1, -0.05) is 66.7 Å². The van der Waals surface area contributed by atoms with Gasteiger partial charge in [-0.25, -0.2) is 4.79 Å². The molecule has 5 rings (SSSR count). The number of fused-ring (bicyclic) bond motifs is 2. The zero-order valence-corrected chi connectivity index (χ0v) is 27.2. The van der Waals surface area contributed by atoms with E-state index in [2.05, 4.69) is 25.9 Å². The first-order valence-electron chi connectivity index (χ1n) is 16.5. The molecule has 49 heavy (non-hydrogen) atoms. The Morgan fingerprint density at radius 2 is 1.12 bits per heavy atom. The molecule has 0 aliphatic carbocycles. The Hall–Kier alpha value is -5.46. The van der Waals surface area contributed by atoms with Crippen molar-refractivity contribution >= 4 is 45.5 Å². The summed E-state index contributed by atoms with van der Waals surface area (Å²) in [6.45, 7) is 0.401. The highest BCUT2D eigenvalue weighted by atomic mass is 16.4. The van der Waals surface area contributed by atoms with Crippen LogP contribution in [-0.2, 0) is 38.4 Å². The summed E-state index contributed by atoms with van der Waals surface area (Å²) in [6.07, 6.45) is 5.30.